The van der Waals surface area contributed by atoms with Crippen molar-refractivity contribution in [2.24, 2.45) is 5.92 Å². The van der Waals surface area contributed by atoms with Crippen LogP contribution >= 0.6 is 0 Å². The van der Waals surface area contributed by atoms with Gasteiger partial charge in [-0.15, -0.1) is 0 Å². The lowest BCUT2D eigenvalue weighted by Crippen LogP contribution is -2.42. The van der Waals surface area contributed by atoms with Crippen LogP contribution in [0, 0.1) is 19.8 Å². The van der Waals surface area contributed by atoms with Gasteiger partial charge in [0.25, 0.3) is 0 Å². The number of carbonyl (C=O) groups excluding carboxylic acids is 1. The predicted octanol–water partition coefficient (Wildman–Crippen LogP) is 3.41. The van der Waals surface area contributed by atoms with Crippen molar-refractivity contribution >= 4 is 11.7 Å². The lowest BCUT2D eigenvalue weighted by Gasteiger charge is -2.36. The first-order valence-corrected chi connectivity index (χ1v) is 10.4. The van der Waals surface area contributed by atoms with Crippen molar-refractivity contribution in [3.63, 3.8) is 0 Å². The predicted molar refractivity (Wildman–Crippen MR) is 111 cm³/mol. The van der Waals surface area contributed by atoms with Crippen molar-refractivity contribution in [2.75, 3.05) is 18.4 Å². The summed E-state index contributed by atoms with van der Waals surface area (Å²) < 4.78 is 4.11. The Kier molecular flexibility index (Phi) is 6.54. The lowest BCUT2D eigenvalue weighted by molar-refractivity contribution is -0.116. The fraction of sp³-hybridized carbons (Fsp3) is 0.667. The molecule has 0 spiro atoms. The first kappa shape index (κ1) is 20.6. The summed E-state index contributed by atoms with van der Waals surface area (Å²) in [5, 5.41) is 12.1. The number of hydrogen-bond acceptors (Lipinski definition) is 4. The number of amides is 1. The monoisotopic (exact) mass is 386 g/mol. The van der Waals surface area contributed by atoms with E-state index in [4.69, 9.17) is 0 Å². The maximum Gasteiger partial charge on any atom is 0.225 e. The van der Waals surface area contributed by atoms with Crippen molar-refractivity contribution < 1.29 is 4.79 Å². The summed E-state index contributed by atoms with van der Waals surface area (Å²) in [5.74, 6) is 1.23. The van der Waals surface area contributed by atoms with Crippen molar-refractivity contribution in [1.82, 2.24) is 24.5 Å². The van der Waals surface area contributed by atoms with Gasteiger partial charge in [0.2, 0.25) is 5.91 Å². The SMILES string of the molecule is Cc1cc(C)n(CC(C)N2CCC(n3nccc3NC(=O)CC(C)C)CC2)n1. The molecule has 0 aliphatic carbocycles. The normalized spacial score (nSPS) is 17.2. The van der Waals surface area contributed by atoms with Gasteiger partial charge in [-0.2, -0.15) is 10.2 Å². The molecule has 0 radical (unpaired) electrons. The Morgan fingerprint density at radius 3 is 2.57 bits per heavy atom. The van der Waals surface area contributed by atoms with Gasteiger partial charge < -0.3 is 5.32 Å². The number of aryl methyl sites for hydroxylation is 2. The summed E-state index contributed by atoms with van der Waals surface area (Å²) in [6.45, 7) is 13.5. The number of hydrogen-bond donors (Lipinski definition) is 1. The molecule has 154 valence electrons. The molecule has 1 atom stereocenters. The summed E-state index contributed by atoms with van der Waals surface area (Å²) in [7, 11) is 0. The van der Waals surface area contributed by atoms with Gasteiger partial charge in [-0.05, 0) is 45.6 Å². The molecule has 2 aromatic rings. The van der Waals surface area contributed by atoms with Crippen LogP contribution in [0.2, 0.25) is 0 Å². The maximum absolute atomic E-state index is 12.1. The van der Waals surface area contributed by atoms with Gasteiger partial charge in [0.15, 0.2) is 0 Å². The van der Waals surface area contributed by atoms with E-state index in [-0.39, 0.29) is 5.91 Å². The molecule has 1 unspecified atom stereocenters. The minimum atomic E-state index is 0.0627. The van der Waals surface area contributed by atoms with E-state index >= 15 is 0 Å². The summed E-state index contributed by atoms with van der Waals surface area (Å²) >= 11 is 0. The maximum atomic E-state index is 12.1. The minimum absolute atomic E-state index is 0.0627. The van der Waals surface area contributed by atoms with Crippen molar-refractivity contribution in [3.8, 4) is 0 Å². The first-order valence-electron chi connectivity index (χ1n) is 10.4. The second kappa shape index (κ2) is 8.90. The summed E-state index contributed by atoms with van der Waals surface area (Å²) in [5.41, 5.74) is 2.30. The van der Waals surface area contributed by atoms with E-state index in [0.717, 1.165) is 44.0 Å². The number of nitrogens with one attached hydrogen (secondary N) is 1. The fourth-order valence-electron chi connectivity index (χ4n) is 4.07. The molecular weight excluding hydrogens is 352 g/mol. The molecule has 1 amide bonds. The summed E-state index contributed by atoms with van der Waals surface area (Å²) in [6, 6.07) is 4.81. The minimum Gasteiger partial charge on any atom is -0.311 e. The highest BCUT2D eigenvalue weighted by atomic mass is 16.1. The Labute approximate surface area is 168 Å². The van der Waals surface area contributed by atoms with Gasteiger partial charge in [0.1, 0.15) is 5.82 Å². The zero-order valence-electron chi connectivity index (χ0n) is 17.9. The van der Waals surface area contributed by atoms with Crippen molar-refractivity contribution in [3.05, 3.63) is 29.7 Å². The standard InChI is InChI=1S/C21H34N6O/c1-15(2)12-21(28)23-20-6-9-22-27(20)19-7-10-25(11-8-19)18(5)14-26-17(4)13-16(3)24-26/h6,9,13,15,18-19H,7-8,10-12,14H2,1-5H3,(H,23,28). The molecule has 1 aliphatic heterocycles. The molecule has 3 heterocycles. The van der Waals surface area contributed by atoms with E-state index in [9.17, 15) is 4.79 Å². The second-order valence-electron chi connectivity index (χ2n) is 8.53. The van der Waals surface area contributed by atoms with Crippen LogP contribution in [0.4, 0.5) is 5.82 Å². The third kappa shape index (κ3) is 5.01. The first-order chi connectivity index (χ1) is 13.3. The molecule has 1 aliphatic rings. The molecular formula is C21H34N6O. The molecule has 28 heavy (non-hydrogen) atoms. The molecule has 1 saturated heterocycles. The van der Waals surface area contributed by atoms with Gasteiger partial charge >= 0.3 is 0 Å². The Bertz CT molecular complexity index is 785. The summed E-state index contributed by atoms with van der Waals surface area (Å²) in [4.78, 5) is 14.7. The second-order valence-corrected chi connectivity index (χ2v) is 8.53. The Hall–Kier alpha value is -2.15. The summed E-state index contributed by atoms with van der Waals surface area (Å²) in [6.07, 6.45) is 4.39. The molecule has 7 heteroatoms. The number of likely N-dealkylation sites (tertiary alicyclic amines) is 1. The Morgan fingerprint density at radius 2 is 1.96 bits per heavy atom. The Morgan fingerprint density at radius 1 is 1.25 bits per heavy atom. The van der Waals surface area contributed by atoms with Gasteiger partial charge in [0, 0.05) is 37.3 Å². The van der Waals surface area contributed by atoms with Crippen LogP contribution in [0.25, 0.3) is 0 Å². The molecule has 0 saturated carbocycles. The third-order valence-electron chi connectivity index (χ3n) is 5.54. The molecule has 7 nitrogen and oxygen atoms in total. The van der Waals surface area contributed by atoms with Gasteiger partial charge in [-0.3, -0.25) is 14.4 Å². The van der Waals surface area contributed by atoms with E-state index in [1.807, 2.05) is 17.7 Å². The van der Waals surface area contributed by atoms with Gasteiger partial charge in [0.05, 0.1) is 24.5 Å². The average molecular weight is 387 g/mol. The highest BCUT2D eigenvalue weighted by Gasteiger charge is 2.26. The molecule has 3 rings (SSSR count). The third-order valence-corrected chi connectivity index (χ3v) is 5.54. The van der Waals surface area contributed by atoms with E-state index < -0.39 is 0 Å². The Balaban J connectivity index is 1.55. The molecule has 1 N–H and O–H groups in total. The van der Waals surface area contributed by atoms with Crippen LogP contribution in [-0.2, 0) is 11.3 Å². The van der Waals surface area contributed by atoms with Crippen LogP contribution in [0.5, 0.6) is 0 Å². The van der Waals surface area contributed by atoms with E-state index in [2.05, 4.69) is 58.9 Å². The van der Waals surface area contributed by atoms with Gasteiger partial charge in [-0.25, -0.2) is 4.68 Å². The molecule has 1 fully saturated rings. The lowest BCUT2D eigenvalue weighted by atomic mass is 10.0. The fourth-order valence-corrected chi connectivity index (χ4v) is 4.07. The van der Waals surface area contributed by atoms with Gasteiger partial charge in [-0.1, -0.05) is 13.8 Å². The van der Waals surface area contributed by atoms with Crippen molar-refractivity contribution in [1.29, 1.82) is 0 Å². The number of aromatic nitrogens is 4. The quantitative estimate of drug-likeness (QED) is 0.792. The number of nitrogens with zero attached hydrogens (tertiary/aromatic N) is 5. The molecule has 0 aromatic carbocycles. The molecule has 2 aromatic heterocycles. The van der Waals surface area contributed by atoms with Crippen LogP contribution in [0.15, 0.2) is 18.3 Å². The zero-order valence-corrected chi connectivity index (χ0v) is 17.9. The average Bonchev–Trinajstić information content (AvgIpc) is 3.20. The van der Waals surface area contributed by atoms with Crippen molar-refractivity contribution in [2.45, 2.75) is 72.5 Å². The van der Waals surface area contributed by atoms with Crippen LogP contribution in [-0.4, -0.2) is 49.5 Å². The van der Waals surface area contributed by atoms with E-state index in [1.165, 1.54) is 5.69 Å². The highest BCUT2D eigenvalue weighted by molar-refractivity contribution is 5.89. The zero-order chi connectivity index (χ0) is 20.3. The highest BCUT2D eigenvalue weighted by Crippen LogP contribution is 2.27. The van der Waals surface area contributed by atoms with E-state index in [1.54, 1.807) is 6.20 Å². The smallest absolute Gasteiger partial charge is 0.225 e. The van der Waals surface area contributed by atoms with Crippen LogP contribution in [0.3, 0.4) is 0 Å². The number of anilines is 1. The number of carbonyl (C=O) groups is 1. The van der Waals surface area contributed by atoms with Crippen LogP contribution in [0.1, 0.15) is 57.5 Å². The van der Waals surface area contributed by atoms with Crippen LogP contribution < -0.4 is 5.32 Å². The molecule has 0 bridgehead atoms. The largest absolute Gasteiger partial charge is 0.311 e. The number of rotatable bonds is 7. The number of piperidine rings is 1. The van der Waals surface area contributed by atoms with E-state index in [0.29, 0.717) is 24.4 Å². The topological polar surface area (TPSA) is 68.0 Å².